The number of rotatable bonds is 6. The molecule has 7 nitrogen and oxygen atoms in total. The number of nitrogens with zero attached hydrogens (tertiary/aromatic N) is 1. The predicted octanol–water partition coefficient (Wildman–Crippen LogP) is 5.36. The summed E-state index contributed by atoms with van der Waals surface area (Å²) >= 11 is 17.9. The van der Waals surface area contributed by atoms with Crippen LogP contribution < -0.4 is 11.1 Å². The van der Waals surface area contributed by atoms with Gasteiger partial charge in [-0.2, -0.15) is 0 Å². The van der Waals surface area contributed by atoms with Crippen LogP contribution in [0.4, 0.5) is 11.4 Å². The molecule has 0 spiro atoms. The first kappa shape index (κ1) is 23.5. The molecule has 1 amide bonds. The van der Waals surface area contributed by atoms with Gasteiger partial charge in [-0.1, -0.05) is 77.3 Å². The van der Waals surface area contributed by atoms with E-state index in [0.717, 1.165) is 0 Å². The number of carbonyl (C=O) groups is 3. The number of hydrogen-bond donors (Lipinski definition) is 2. The Balaban J connectivity index is 1.92. The summed E-state index contributed by atoms with van der Waals surface area (Å²) in [5, 5.41) is 2.07. The number of hydrogen-bond acceptors (Lipinski definition) is 6. The van der Waals surface area contributed by atoms with Gasteiger partial charge in [-0.3, -0.25) is 9.59 Å². The Kier molecular flexibility index (Phi) is 7.35. The first-order valence-electron chi connectivity index (χ1n) is 9.16. The molecule has 3 aromatic rings. The maximum Gasteiger partial charge on any atom is 0.359 e. The van der Waals surface area contributed by atoms with Crippen LogP contribution in [0.5, 0.6) is 0 Å². The van der Waals surface area contributed by atoms with Crippen molar-refractivity contribution < 1.29 is 19.1 Å². The normalized spacial score (nSPS) is 11.5. The second-order valence-corrected chi connectivity index (χ2v) is 7.73. The molecule has 0 aliphatic rings. The molecule has 3 rings (SSSR count). The van der Waals surface area contributed by atoms with E-state index < -0.39 is 18.0 Å². The monoisotopic (exact) mass is 491 g/mol. The number of nitrogens with two attached hydrogens (primary N) is 1. The molecule has 3 N–H and O–H groups in total. The first-order chi connectivity index (χ1) is 15.2. The third kappa shape index (κ3) is 5.19. The lowest BCUT2D eigenvalue weighted by molar-refractivity contribution is -0.125. The zero-order valence-electron chi connectivity index (χ0n) is 16.6. The Morgan fingerprint density at radius 3 is 2.34 bits per heavy atom. The van der Waals surface area contributed by atoms with Crippen LogP contribution in [0.1, 0.15) is 39.4 Å². The van der Waals surface area contributed by atoms with Gasteiger partial charge in [0.2, 0.25) is 6.10 Å². The molecule has 164 valence electrons. The highest BCUT2D eigenvalue weighted by Gasteiger charge is 2.29. The van der Waals surface area contributed by atoms with E-state index in [1.165, 1.54) is 13.0 Å². The molecule has 1 heterocycles. The second-order valence-electron chi connectivity index (χ2n) is 6.62. The van der Waals surface area contributed by atoms with Gasteiger partial charge in [-0.25, -0.2) is 9.78 Å². The number of anilines is 2. The van der Waals surface area contributed by atoms with Crippen molar-refractivity contribution in [3.63, 3.8) is 0 Å². The van der Waals surface area contributed by atoms with Crippen molar-refractivity contribution in [2.45, 2.75) is 13.0 Å². The van der Waals surface area contributed by atoms with Crippen molar-refractivity contribution in [1.29, 1.82) is 0 Å². The van der Waals surface area contributed by atoms with E-state index in [-0.39, 0.29) is 32.4 Å². The average Bonchev–Trinajstić information content (AvgIpc) is 2.78. The van der Waals surface area contributed by atoms with Crippen molar-refractivity contribution in [3.8, 4) is 0 Å². The number of Topliss-reactive ketones (excluding diaryl/α,β-unsaturated/α-hetero) is 1. The minimum Gasteiger partial charge on any atom is -0.443 e. The molecule has 1 atom stereocenters. The van der Waals surface area contributed by atoms with Crippen LogP contribution in [0.2, 0.25) is 15.2 Å². The quantitative estimate of drug-likeness (QED) is 0.272. The van der Waals surface area contributed by atoms with Crippen molar-refractivity contribution in [3.05, 3.63) is 86.6 Å². The average molecular weight is 493 g/mol. The van der Waals surface area contributed by atoms with Gasteiger partial charge in [0.1, 0.15) is 5.02 Å². The summed E-state index contributed by atoms with van der Waals surface area (Å²) in [5.74, 6) is -1.85. The summed E-state index contributed by atoms with van der Waals surface area (Å²) in [6.45, 7) is 1.41. The molecule has 1 unspecified atom stereocenters. The lowest BCUT2D eigenvalue weighted by Crippen LogP contribution is -2.26. The molecule has 0 aliphatic heterocycles. The number of ether oxygens (including phenoxy) is 1. The maximum atomic E-state index is 13.0. The number of amides is 1. The SMILES string of the molecule is CC(=O)c1cccc(NC(=O)C(OC(=O)c2nc(Cl)c(Cl)c(N)c2Cl)c2ccccc2)c1. The van der Waals surface area contributed by atoms with Crippen LogP contribution >= 0.6 is 34.8 Å². The van der Waals surface area contributed by atoms with Crippen molar-refractivity contribution in [2.24, 2.45) is 0 Å². The van der Waals surface area contributed by atoms with Gasteiger partial charge < -0.3 is 15.8 Å². The van der Waals surface area contributed by atoms with Crippen molar-refractivity contribution in [2.75, 3.05) is 11.1 Å². The topological polar surface area (TPSA) is 111 Å². The van der Waals surface area contributed by atoms with E-state index in [1.807, 2.05) is 0 Å². The Labute approximate surface area is 198 Å². The van der Waals surface area contributed by atoms with E-state index in [0.29, 0.717) is 16.8 Å². The number of aromatic nitrogens is 1. The number of halogens is 3. The second kappa shape index (κ2) is 9.99. The van der Waals surface area contributed by atoms with Gasteiger partial charge >= 0.3 is 5.97 Å². The van der Waals surface area contributed by atoms with Gasteiger partial charge in [0.25, 0.3) is 5.91 Å². The van der Waals surface area contributed by atoms with E-state index in [4.69, 9.17) is 45.3 Å². The van der Waals surface area contributed by atoms with Crippen LogP contribution in [0.15, 0.2) is 54.6 Å². The highest BCUT2D eigenvalue weighted by atomic mass is 35.5. The highest BCUT2D eigenvalue weighted by Crippen LogP contribution is 2.35. The molecule has 1 aromatic heterocycles. The van der Waals surface area contributed by atoms with Crippen molar-refractivity contribution in [1.82, 2.24) is 4.98 Å². The summed E-state index contributed by atoms with van der Waals surface area (Å²) in [7, 11) is 0. The fraction of sp³-hybridized carbons (Fsp3) is 0.0909. The molecule has 10 heteroatoms. The van der Waals surface area contributed by atoms with E-state index in [9.17, 15) is 14.4 Å². The fourth-order valence-corrected chi connectivity index (χ4v) is 3.34. The predicted molar refractivity (Wildman–Crippen MR) is 123 cm³/mol. The van der Waals surface area contributed by atoms with E-state index in [2.05, 4.69) is 10.3 Å². The van der Waals surface area contributed by atoms with Crippen LogP contribution in [0, 0.1) is 0 Å². The van der Waals surface area contributed by atoms with Gasteiger partial charge in [0, 0.05) is 16.8 Å². The summed E-state index contributed by atoms with van der Waals surface area (Å²) in [6.07, 6.45) is -1.36. The van der Waals surface area contributed by atoms with Crippen LogP contribution in [-0.2, 0) is 9.53 Å². The van der Waals surface area contributed by atoms with E-state index in [1.54, 1.807) is 48.5 Å². The van der Waals surface area contributed by atoms with Gasteiger partial charge in [0.05, 0.1) is 10.7 Å². The Morgan fingerprint density at radius 2 is 1.69 bits per heavy atom. The Morgan fingerprint density at radius 1 is 1.00 bits per heavy atom. The van der Waals surface area contributed by atoms with Crippen molar-refractivity contribution >= 4 is 63.8 Å². The van der Waals surface area contributed by atoms with Crippen LogP contribution in [-0.4, -0.2) is 22.6 Å². The summed E-state index contributed by atoms with van der Waals surface area (Å²) < 4.78 is 5.44. The standard InChI is InChI=1S/C22H16Cl3N3O4/c1-11(29)13-8-5-9-14(10-13)27-21(30)19(12-6-3-2-4-7-12)32-22(31)18-15(23)17(26)16(24)20(25)28-18/h2-10,19H,1H3,(H2,26,28)(H,27,30). The maximum absolute atomic E-state index is 13.0. The van der Waals surface area contributed by atoms with E-state index >= 15 is 0 Å². The zero-order chi connectivity index (χ0) is 23.4. The molecule has 0 saturated heterocycles. The molecule has 0 bridgehead atoms. The first-order valence-corrected chi connectivity index (χ1v) is 10.3. The van der Waals surface area contributed by atoms with Crippen LogP contribution in [0.25, 0.3) is 0 Å². The summed E-state index contributed by atoms with van der Waals surface area (Å²) in [5.41, 5.74) is 6.41. The number of esters is 1. The molecule has 0 fully saturated rings. The third-order valence-electron chi connectivity index (χ3n) is 4.37. The molecular formula is C22H16Cl3N3O4. The molecule has 32 heavy (non-hydrogen) atoms. The summed E-state index contributed by atoms with van der Waals surface area (Å²) in [6, 6.07) is 14.7. The molecule has 0 aliphatic carbocycles. The molecule has 2 aromatic carbocycles. The Bertz CT molecular complexity index is 1200. The number of benzene rings is 2. The fourth-order valence-electron chi connectivity index (χ4n) is 2.75. The third-order valence-corrected chi connectivity index (χ3v) is 5.50. The molecule has 0 saturated carbocycles. The lowest BCUT2D eigenvalue weighted by atomic mass is 10.1. The zero-order valence-corrected chi connectivity index (χ0v) is 18.8. The number of pyridine rings is 1. The number of nitrogen functional groups attached to an aromatic ring is 1. The molecular weight excluding hydrogens is 477 g/mol. The minimum absolute atomic E-state index is 0.101. The van der Waals surface area contributed by atoms with Gasteiger partial charge in [-0.05, 0) is 19.1 Å². The smallest absolute Gasteiger partial charge is 0.359 e. The molecule has 0 radical (unpaired) electrons. The number of nitrogens with one attached hydrogen (secondary N) is 1. The number of carbonyl (C=O) groups excluding carboxylic acids is 3. The summed E-state index contributed by atoms with van der Waals surface area (Å²) in [4.78, 5) is 41.3. The van der Waals surface area contributed by atoms with Crippen LogP contribution in [0.3, 0.4) is 0 Å². The minimum atomic E-state index is -1.36. The largest absolute Gasteiger partial charge is 0.443 e. The Hall–Kier alpha value is -3.13. The van der Waals surface area contributed by atoms with Gasteiger partial charge in [0.15, 0.2) is 16.6 Å². The lowest BCUT2D eigenvalue weighted by Gasteiger charge is -2.19. The highest BCUT2D eigenvalue weighted by molar-refractivity contribution is 6.46. The number of ketones is 1. The van der Waals surface area contributed by atoms with Gasteiger partial charge in [-0.15, -0.1) is 0 Å².